The molecule has 4 rings (SSSR count). The second-order valence-electron chi connectivity index (χ2n) is 7.27. The van der Waals surface area contributed by atoms with Crippen LogP contribution in [0.5, 0.6) is 11.5 Å². The highest BCUT2D eigenvalue weighted by Gasteiger charge is 2.14. The van der Waals surface area contributed by atoms with E-state index in [4.69, 9.17) is 14.5 Å². The van der Waals surface area contributed by atoms with E-state index in [9.17, 15) is 0 Å². The zero-order chi connectivity index (χ0) is 21.5. The molecule has 1 aliphatic heterocycles. The Labute approximate surface area is 186 Å². The molecule has 0 saturated heterocycles. The SMILES string of the molecule is CCc1nncn1CCNC(=NCc1cccs1)N(C)Cc1ccc2c(c1)OCCO2. The van der Waals surface area contributed by atoms with Crippen LogP contribution in [0.2, 0.25) is 0 Å². The lowest BCUT2D eigenvalue weighted by Gasteiger charge is -2.24. The minimum absolute atomic E-state index is 0.588. The number of aryl methyl sites for hydroxylation is 1. The van der Waals surface area contributed by atoms with E-state index in [1.807, 2.05) is 19.2 Å². The molecule has 9 heteroatoms. The first-order valence-corrected chi connectivity index (χ1v) is 11.4. The summed E-state index contributed by atoms with van der Waals surface area (Å²) >= 11 is 1.72. The fourth-order valence-corrected chi connectivity index (χ4v) is 4.06. The number of rotatable bonds is 8. The molecule has 0 spiro atoms. The van der Waals surface area contributed by atoms with Gasteiger partial charge in [-0.05, 0) is 29.1 Å². The van der Waals surface area contributed by atoms with Crippen molar-refractivity contribution in [1.29, 1.82) is 0 Å². The van der Waals surface area contributed by atoms with Crippen LogP contribution in [0.25, 0.3) is 0 Å². The van der Waals surface area contributed by atoms with E-state index >= 15 is 0 Å². The van der Waals surface area contributed by atoms with Crippen LogP contribution in [0.15, 0.2) is 47.0 Å². The maximum Gasteiger partial charge on any atom is 0.194 e. The zero-order valence-corrected chi connectivity index (χ0v) is 18.8. The molecule has 0 amide bonds. The molecule has 3 heterocycles. The summed E-state index contributed by atoms with van der Waals surface area (Å²) < 4.78 is 13.4. The predicted molar refractivity (Wildman–Crippen MR) is 122 cm³/mol. The first-order chi connectivity index (χ1) is 15.2. The molecule has 0 fully saturated rings. The third-order valence-electron chi connectivity index (χ3n) is 5.00. The van der Waals surface area contributed by atoms with E-state index in [2.05, 4.69) is 55.5 Å². The normalized spacial score (nSPS) is 13.3. The molecule has 0 aliphatic carbocycles. The summed E-state index contributed by atoms with van der Waals surface area (Å²) in [5.41, 5.74) is 1.14. The predicted octanol–water partition coefficient (Wildman–Crippen LogP) is 2.95. The molecular formula is C22H28N6O2S. The van der Waals surface area contributed by atoms with Crippen molar-refractivity contribution < 1.29 is 9.47 Å². The van der Waals surface area contributed by atoms with Gasteiger partial charge in [-0.2, -0.15) is 0 Å². The lowest BCUT2D eigenvalue weighted by atomic mass is 10.2. The van der Waals surface area contributed by atoms with Gasteiger partial charge in [0.15, 0.2) is 17.5 Å². The van der Waals surface area contributed by atoms with Crippen LogP contribution < -0.4 is 14.8 Å². The van der Waals surface area contributed by atoms with Crippen molar-refractivity contribution in [1.82, 2.24) is 25.0 Å². The summed E-state index contributed by atoms with van der Waals surface area (Å²) in [6, 6.07) is 10.3. The van der Waals surface area contributed by atoms with Gasteiger partial charge in [-0.1, -0.05) is 19.1 Å². The number of aliphatic imine (C=N–C) groups is 1. The lowest BCUT2D eigenvalue weighted by molar-refractivity contribution is 0.171. The van der Waals surface area contributed by atoms with Crippen LogP contribution in [0.1, 0.15) is 23.2 Å². The van der Waals surface area contributed by atoms with Gasteiger partial charge in [0.1, 0.15) is 25.4 Å². The number of thiophene rings is 1. The minimum Gasteiger partial charge on any atom is -0.486 e. The van der Waals surface area contributed by atoms with Gasteiger partial charge in [0.25, 0.3) is 0 Å². The molecule has 164 valence electrons. The van der Waals surface area contributed by atoms with Crippen LogP contribution in [-0.2, 0) is 26.1 Å². The standard InChI is InChI=1S/C22H28N6O2S/c1-3-21-26-25-16-28(21)9-8-23-22(24-14-18-5-4-12-31-18)27(2)15-17-6-7-19-20(13-17)30-11-10-29-19/h4-7,12-13,16H,3,8-11,14-15H2,1-2H3,(H,23,24). The number of fused-ring (bicyclic) bond motifs is 1. The Morgan fingerprint density at radius 1 is 1.26 bits per heavy atom. The second kappa shape index (κ2) is 10.3. The molecule has 2 aromatic heterocycles. The van der Waals surface area contributed by atoms with E-state index < -0.39 is 0 Å². The number of hydrogen-bond donors (Lipinski definition) is 1. The van der Waals surface area contributed by atoms with Gasteiger partial charge in [0.2, 0.25) is 0 Å². The maximum absolute atomic E-state index is 5.73. The molecular weight excluding hydrogens is 412 g/mol. The number of aromatic nitrogens is 3. The van der Waals surface area contributed by atoms with Crippen LogP contribution >= 0.6 is 11.3 Å². The summed E-state index contributed by atoms with van der Waals surface area (Å²) in [7, 11) is 2.05. The zero-order valence-electron chi connectivity index (χ0n) is 18.0. The highest BCUT2D eigenvalue weighted by Crippen LogP contribution is 2.31. The van der Waals surface area contributed by atoms with Crippen molar-refractivity contribution in [2.75, 3.05) is 26.8 Å². The molecule has 0 bridgehead atoms. The van der Waals surface area contributed by atoms with Gasteiger partial charge in [0, 0.05) is 38.0 Å². The number of nitrogens with one attached hydrogen (secondary N) is 1. The Balaban J connectivity index is 1.43. The Morgan fingerprint density at radius 3 is 2.94 bits per heavy atom. The van der Waals surface area contributed by atoms with Crippen molar-refractivity contribution >= 4 is 17.3 Å². The summed E-state index contributed by atoms with van der Waals surface area (Å²) in [6.07, 6.45) is 2.64. The summed E-state index contributed by atoms with van der Waals surface area (Å²) in [4.78, 5) is 8.22. The lowest BCUT2D eigenvalue weighted by Crippen LogP contribution is -2.40. The van der Waals surface area contributed by atoms with Crippen LogP contribution in [0.4, 0.5) is 0 Å². The molecule has 1 aliphatic rings. The molecule has 31 heavy (non-hydrogen) atoms. The first-order valence-electron chi connectivity index (χ1n) is 10.5. The Kier molecular flexibility index (Phi) is 7.03. The Bertz CT molecular complexity index is 1000. The second-order valence-corrected chi connectivity index (χ2v) is 8.31. The van der Waals surface area contributed by atoms with Crippen molar-refractivity contribution in [3.63, 3.8) is 0 Å². The highest BCUT2D eigenvalue weighted by atomic mass is 32.1. The topological polar surface area (TPSA) is 76.8 Å². The minimum atomic E-state index is 0.588. The number of guanidine groups is 1. The van der Waals surface area contributed by atoms with Gasteiger partial charge in [-0.3, -0.25) is 0 Å². The van der Waals surface area contributed by atoms with Crippen molar-refractivity contribution in [3.8, 4) is 11.5 Å². The number of ether oxygens (including phenoxy) is 2. The molecule has 3 aromatic rings. The molecule has 0 saturated carbocycles. The van der Waals surface area contributed by atoms with Crippen molar-refractivity contribution in [2.45, 2.75) is 33.0 Å². The quantitative estimate of drug-likeness (QED) is 0.429. The summed E-state index contributed by atoms with van der Waals surface area (Å²) in [5.74, 6) is 3.46. The smallest absolute Gasteiger partial charge is 0.194 e. The maximum atomic E-state index is 5.73. The number of benzene rings is 1. The molecule has 8 nitrogen and oxygen atoms in total. The average molecular weight is 441 g/mol. The third-order valence-corrected chi connectivity index (χ3v) is 5.86. The fraction of sp³-hybridized carbons (Fsp3) is 0.409. The van der Waals surface area contributed by atoms with Crippen LogP contribution in [-0.4, -0.2) is 52.4 Å². The van der Waals surface area contributed by atoms with Crippen molar-refractivity contribution in [3.05, 3.63) is 58.3 Å². The Morgan fingerprint density at radius 2 is 2.13 bits per heavy atom. The monoisotopic (exact) mass is 440 g/mol. The van der Waals surface area contributed by atoms with E-state index in [1.54, 1.807) is 17.7 Å². The molecule has 0 radical (unpaired) electrons. The number of nitrogens with zero attached hydrogens (tertiary/aromatic N) is 5. The van der Waals surface area contributed by atoms with Crippen LogP contribution in [0, 0.1) is 0 Å². The molecule has 0 unspecified atom stereocenters. The highest BCUT2D eigenvalue weighted by molar-refractivity contribution is 7.09. The van der Waals surface area contributed by atoms with Crippen LogP contribution in [0.3, 0.4) is 0 Å². The first kappa shape index (κ1) is 21.2. The third kappa shape index (κ3) is 5.55. The van der Waals surface area contributed by atoms with Gasteiger partial charge in [0.05, 0.1) is 6.54 Å². The Hall–Kier alpha value is -3.07. The average Bonchev–Trinajstić information content (AvgIpc) is 3.47. The van der Waals surface area contributed by atoms with Gasteiger partial charge < -0.3 is 24.3 Å². The van der Waals surface area contributed by atoms with Gasteiger partial charge in [-0.15, -0.1) is 21.5 Å². The fourth-order valence-electron chi connectivity index (χ4n) is 3.43. The number of hydrogen-bond acceptors (Lipinski definition) is 6. The van der Waals surface area contributed by atoms with E-state index in [0.29, 0.717) is 26.3 Å². The molecule has 1 aromatic carbocycles. The largest absolute Gasteiger partial charge is 0.486 e. The van der Waals surface area contributed by atoms with Gasteiger partial charge >= 0.3 is 0 Å². The van der Waals surface area contributed by atoms with E-state index in [1.165, 1.54) is 4.88 Å². The van der Waals surface area contributed by atoms with Crippen molar-refractivity contribution in [2.24, 2.45) is 4.99 Å². The molecule has 0 atom stereocenters. The summed E-state index contributed by atoms with van der Waals surface area (Å²) in [6.45, 7) is 6.15. The van der Waals surface area contributed by atoms with E-state index in [-0.39, 0.29) is 0 Å². The van der Waals surface area contributed by atoms with E-state index in [0.717, 1.165) is 48.4 Å². The molecule has 1 N–H and O–H groups in total. The van der Waals surface area contributed by atoms with Gasteiger partial charge in [-0.25, -0.2) is 4.99 Å². The summed E-state index contributed by atoms with van der Waals surface area (Å²) in [5, 5.41) is 13.7.